The maximum Gasteiger partial charge on any atom is 0.258 e. The minimum absolute atomic E-state index is 0.253. The van der Waals surface area contributed by atoms with E-state index in [4.69, 9.17) is 11.6 Å². The summed E-state index contributed by atoms with van der Waals surface area (Å²) in [6.45, 7) is 1.85. The second kappa shape index (κ2) is 4.32. The van der Waals surface area contributed by atoms with Gasteiger partial charge in [0.15, 0.2) is 0 Å². The van der Waals surface area contributed by atoms with E-state index in [2.05, 4.69) is 20.5 Å². The van der Waals surface area contributed by atoms with E-state index >= 15 is 0 Å². The Morgan fingerprint density at radius 3 is 2.81 bits per heavy atom. The summed E-state index contributed by atoms with van der Waals surface area (Å²) in [5.41, 5.74) is 1.31. The van der Waals surface area contributed by atoms with Crippen LogP contribution < -0.4 is 5.32 Å². The molecule has 0 unspecified atom stereocenters. The van der Waals surface area contributed by atoms with Crippen molar-refractivity contribution in [3.05, 3.63) is 40.8 Å². The van der Waals surface area contributed by atoms with Gasteiger partial charge in [-0.05, 0) is 19.1 Å². The van der Waals surface area contributed by atoms with Crippen LogP contribution in [0.3, 0.4) is 0 Å². The molecule has 0 spiro atoms. The largest absolute Gasteiger partial charge is 0.307 e. The lowest BCUT2D eigenvalue weighted by Gasteiger charge is -2.03. The van der Waals surface area contributed by atoms with Gasteiger partial charge in [0, 0.05) is 11.8 Å². The molecule has 0 saturated heterocycles. The second-order valence-corrected chi connectivity index (χ2v) is 3.64. The summed E-state index contributed by atoms with van der Waals surface area (Å²) >= 11 is 5.63. The molecule has 82 valence electrons. The molecule has 2 N–H and O–H groups in total. The molecule has 0 aromatic carbocycles. The Kier molecular flexibility index (Phi) is 2.87. The quantitative estimate of drug-likeness (QED) is 0.784. The van der Waals surface area contributed by atoms with Gasteiger partial charge in [0.1, 0.15) is 11.0 Å². The van der Waals surface area contributed by atoms with Crippen LogP contribution in [0.2, 0.25) is 5.15 Å². The number of pyridine rings is 1. The third-order valence-electron chi connectivity index (χ3n) is 2.06. The number of hydrogen-bond donors (Lipinski definition) is 2. The molecule has 2 aromatic heterocycles. The highest BCUT2D eigenvalue weighted by atomic mass is 35.5. The average Bonchev–Trinajstić information content (AvgIpc) is 2.65. The molecule has 0 bridgehead atoms. The fourth-order valence-corrected chi connectivity index (χ4v) is 1.28. The molecule has 2 rings (SSSR count). The lowest BCUT2D eigenvalue weighted by atomic mass is 10.2. The van der Waals surface area contributed by atoms with E-state index in [0.29, 0.717) is 16.5 Å². The maximum atomic E-state index is 11.7. The number of H-pyrrole nitrogens is 1. The molecule has 0 aliphatic rings. The summed E-state index contributed by atoms with van der Waals surface area (Å²) in [7, 11) is 0. The summed E-state index contributed by atoms with van der Waals surface area (Å²) in [4.78, 5) is 15.6. The standard InChI is InChI=1S/C10H9ClN4O/c1-6-4-13-15-9(6)14-10(16)7-2-3-8(11)12-5-7/h2-5H,1H3,(H2,13,14,15,16). The lowest BCUT2D eigenvalue weighted by Crippen LogP contribution is -2.13. The smallest absolute Gasteiger partial charge is 0.258 e. The molecule has 0 saturated carbocycles. The number of carbonyl (C=O) groups is 1. The zero-order chi connectivity index (χ0) is 11.5. The number of halogens is 1. The summed E-state index contributed by atoms with van der Waals surface area (Å²) in [6, 6.07) is 3.17. The predicted molar refractivity (Wildman–Crippen MR) is 60.5 cm³/mol. The minimum Gasteiger partial charge on any atom is -0.307 e. The van der Waals surface area contributed by atoms with Crippen molar-refractivity contribution in [2.24, 2.45) is 0 Å². The van der Waals surface area contributed by atoms with E-state index in [0.717, 1.165) is 5.56 Å². The van der Waals surface area contributed by atoms with E-state index in [1.807, 2.05) is 6.92 Å². The number of amides is 1. The molecular weight excluding hydrogens is 228 g/mol. The highest BCUT2D eigenvalue weighted by molar-refractivity contribution is 6.29. The van der Waals surface area contributed by atoms with E-state index in [1.54, 1.807) is 18.3 Å². The van der Waals surface area contributed by atoms with Crippen molar-refractivity contribution in [1.29, 1.82) is 0 Å². The molecule has 6 heteroatoms. The molecule has 2 heterocycles. The van der Waals surface area contributed by atoms with Gasteiger partial charge in [-0.1, -0.05) is 11.6 Å². The Hall–Kier alpha value is -1.88. The topological polar surface area (TPSA) is 70.7 Å². The van der Waals surface area contributed by atoms with E-state index < -0.39 is 0 Å². The van der Waals surface area contributed by atoms with Gasteiger partial charge in [-0.15, -0.1) is 0 Å². The maximum absolute atomic E-state index is 11.7. The van der Waals surface area contributed by atoms with Gasteiger partial charge in [0.25, 0.3) is 5.91 Å². The summed E-state index contributed by atoms with van der Waals surface area (Å²) < 4.78 is 0. The number of hydrogen-bond acceptors (Lipinski definition) is 3. The first-order valence-electron chi connectivity index (χ1n) is 4.59. The molecule has 0 fully saturated rings. The lowest BCUT2D eigenvalue weighted by molar-refractivity contribution is 0.102. The number of nitrogens with zero attached hydrogens (tertiary/aromatic N) is 2. The average molecular weight is 237 g/mol. The molecule has 1 amide bonds. The first kappa shape index (κ1) is 10.6. The van der Waals surface area contributed by atoms with Crippen molar-refractivity contribution in [2.45, 2.75) is 6.92 Å². The Morgan fingerprint density at radius 1 is 1.44 bits per heavy atom. The predicted octanol–water partition coefficient (Wildman–Crippen LogP) is 2.02. The molecular formula is C10H9ClN4O. The van der Waals surface area contributed by atoms with Crippen LogP contribution in [-0.2, 0) is 0 Å². The first-order chi connectivity index (χ1) is 7.66. The van der Waals surface area contributed by atoms with Crippen LogP contribution in [0.5, 0.6) is 0 Å². The number of anilines is 1. The Bertz CT molecular complexity index is 506. The van der Waals surface area contributed by atoms with Gasteiger partial charge in [0.05, 0.1) is 11.8 Å². The van der Waals surface area contributed by atoms with Gasteiger partial charge in [-0.2, -0.15) is 5.10 Å². The molecule has 0 aliphatic heterocycles. The zero-order valence-electron chi connectivity index (χ0n) is 8.49. The highest BCUT2D eigenvalue weighted by Gasteiger charge is 2.08. The van der Waals surface area contributed by atoms with Gasteiger partial charge in [-0.3, -0.25) is 9.89 Å². The fourth-order valence-electron chi connectivity index (χ4n) is 1.17. The molecule has 0 aliphatic carbocycles. The van der Waals surface area contributed by atoms with Crippen LogP contribution >= 0.6 is 11.6 Å². The van der Waals surface area contributed by atoms with Crippen LogP contribution in [0.1, 0.15) is 15.9 Å². The van der Waals surface area contributed by atoms with Crippen molar-refractivity contribution in [2.75, 3.05) is 5.32 Å². The van der Waals surface area contributed by atoms with Crippen molar-refractivity contribution < 1.29 is 4.79 Å². The number of aromatic amines is 1. The van der Waals surface area contributed by atoms with Gasteiger partial charge < -0.3 is 5.32 Å². The molecule has 5 nitrogen and oxygen atoms in total. The monoisotopic (exact) mass is 236 g/mol. The number of nitrogens with one attached hydrogen (secondary N) is 2. The Morgan fingerprint density at radius 2 is 2.25 bits per heavy atom. The van der Waals surface area contributed by atoms with Crippen LogP contribution in [0.4, 0.5) is 5.82 Å². The third-order valence-corrected chi connectivity index (χ3v) is 2.28. The molecule has 2 aromatic rings. The highest BCUT2D eigenvalue weighted by Crippen LogP contribution is 2.11. The number of aryl methyl sites for hydroxylation is 1. The first-order valence-corrected chi connectivity index (χ1v) is 4.97. The SMILES string of the molecule is Cc1cn[nH]c1NC(=O)c1ccc(Cl)nc1. The second-order valence-electron chi connectivity index (χ2n) is 3.25. The van der Waals surface area contributed by atoms with Crippen LogP contribution in [0.15, 0.2) is 24.5 Å². The summed E-state index contributed by atoms with van der Waals surface area (Å²) in [6.07, 6.45) is 3.05. The summed E-state index contributed by atoms with van der Waals surface area (Å²) in [5.74, 6) is 0.330. The normalized spacial score (nSPS) is 10.1. The molecule has 0 radical (unpaired) electrons. The van der Waals surface area contributed by atoms with Crippen LogP contribution in [0.25, 0.3) is 0 Å². The molecule has 16 heavy (non-hydrogen) atoms. The fraction of sp³-hybridized carbons (Fsp3) is 0.100. The van der Waals surface area contributed by atoms with Crippen molar-refractivity contribution in [1.82, 2.24) is 15.2 Å². The third kappa shape index (κ3) is 2.20. The van der Waals surface area contributed by atoms with Gasteiger partial charge >= 0.3 is 0 Å². The van der Waals surface area contributed by atoms with Gasteiger partial charge in [0.2, 0.25) is 0 Å². The van der Waals surface area contributed by atoms with Gasteiger partial charge in [-0.25, -0.2) is 4.98 Å². The number of aromatic nitrogens is 3. The van der Waals surface area contributed by atoms with E-state index in [1.165, 1.54) is 6.20 Å². The minimum atomic E-state index is -0.253. The van der Waals surface area contributed by atoms with Crippen molar-refractivity contribution in [3.8, 4) is 0 Å². The van der Waals surface area contributed by atoms with E-state index in [9.17, 15) is 4.79 Å². The zero-order valence-corrected chi connectivity index (χ0v) is 9.25. The Labute approximate surface area is 96.8 Å². The molecule has 0 atom stereocenters. The number of carbonyl (C=O) groups excluding carboxylic acids is 1. The van der Waals surface area contributed by atoms with Crippen LogP contribution in [-0.4, -0.2) is 21.1 Å². The summed E-state index contributed by atoms with van der Waals surface area (Å²) in [5, 5.41) is 9.54. The van der Waals surface area contributed by atoms with Crippen molar-refractivity contribution in [3.63, 3.8) is 0 Å². The van der Waals surface area contributed by atoms with Crippen LogP contribution in [0, 0.1) is 6.92 Å². The number of rotatable bonds is 2. The van der Waals surface area contributed by atoms with E-state index in [-0.39, 0.29) is 5.91 Å². The van der Waals surface area contributed by atoms with Crippen molar-refractivity contribution >= 4 is 23.3 Å². The Balaban J connectivity index is 2.15.